The Morgan fingerprint density at radius 1 is 0.390 bits per heavy atom. The van der Waals surface area contributed by atoms with Gasteiger partial charge in [-0.2, -0.15) is 0 Å². The van der Waals surface area contributed by atoms with Crippen LogP contribution in [-0.2, 0) is 97.3 Å². The second kappa shape index (κ2) is 50.7. The number of ether oxygens (including phenoxy) is 6. The van der Waals surface area contributed by atoms with Gasteiger partial charge < -0.3 is 64.2 Å². The van der Waals surface area contributed by atoms with Gasteiger partial charge in [0.15, 0.2) is 0 Å². The van der Waals surface area contributed by atoms with Crippen molar-refractivity contribution in [3.05, 3.63) is 189 Å². The first-order chi connectivity index (χ1) is 58.9. The first-order valence-electron chi connectivity index (χ1n) is 41.7. The number of carbonyl (C=O) groups is 5. The number of urea groups is 1. The largest absolute Gasteiger partial charge is 0.481 e. The number of Topliss-reactive ketones (excluding diaryl/α,β-unsaturated/α-hetero) is 2. The molecule has 0 bridgehead atoms. The average Bonchev–Trinajstić information content (AvgIpc) is 0.780. The highest BCUT2D eigenvalue weighted by atomic mass is 35.5. The summed E-state index contributed by atoms with van der Waals surface area (Å²) in [6.45, 7) is 6.59. The highest BCUT2D eigenvalue weighted by Crippen LogP contribution is 2.43. The lowest BCUT2D eigenvalue weighted by Crippen LogP contribution is -2.49. The summed E-state index contributed by atoms with van der Waals surface area (Å²) in [5.41, 5.74) is 7.36. The maximum atomic E-state index is 13.6. The normalized spacial score (nSPS) is 15.9. The third-order valence-corrected chi connectivity index (χ3v) is 27.8. The number of carbonyl (C=O) groups excluding carboxylic acids is 4. The minimum atomic E-state index is -3.88. The topological polar surface area (TPSA) is 345 Å². The van der Waals surface area contributed by atoms with E-state index in [-0.39, 0.29) is 175 Å². The molecule has 0 saturated heterocycles. The fourth-order valence-corrected chi connectivity index (χ4v) is 20.6. The molecular formula is C87H115Cl6N9O18S3. The number of nitrogens with zero attached hydrogens (tertiary/aromatic N) is 3. The summed E-state index contributed by atoms with van der Waals surface area (Å²) in [5, 5.41) is 21.5. The number of aliphatic carboxylic acids is 1. The van der Waals surface area contributed by atoms with Gasteiger partial charge in [-0.3, -0.25) is 19.2 Å². The predicted octanol–water partition coefficient (Wildman–Crippen LogP) is 13.3. The zero-order chi connectivity index (χ0) is 88.5. The van der Waals surface area contributed by atoms with Crippen LogP contribution in [0.1, 0.15) is 171 Å². The predicted molar refractivity (Wildman–Crippen MR) is 478 cm³/mol. The van der Waals surface area contributed by atoms with Crippen molar-refractivity contribution in [2.75, 3.05) is 153 Å². The molecule has 0 unspecified atom stereocenters. The molecule has 6 aromatic carbocycles. The summed E-state index contributed by atoms with van der Waals surface area (Å²) in [6, 6.07) is 30.9. The highest BCUT2D eigenvalue weighted by molar-refractivity contribution is 7.90. The number of ketones is 2. The maximum absolute atomic E-state index is 13.6. The smallest absolute Gasteiger partial charge is 0.314 e. The van der Waals surface area contributed by atoms with Crippen LogP contribution in [0.15, 0.2) is 124 Å². The highest BCUT2D eigenvalue weighted by Gasteiger charge is 2.35. The van der Waals surface area contributed by atoms with E-state index in [0.717, 1.165) is 50.1 Å². The maximum Gasteiger partial charge on any atom is 0.314 e. The van der Waals surface area contributed by atoms with Crippen LogP contribution < -0.4 is 30.1 Å². The SMILES string of the molecule is CN1Cc2c(Cl)cc(Cl)cc2[C@H](c2cccc(S(=O)(=O)NCCOCCOCCCC(=O)CCCCC(CCCCC(=O)CCCOCCOCCNS(=O)(=O)c3cccc([C@@H]4CN(C)Cc5c(Cl)cc(Cl)cc54)c3)(CCCNC(=O)NCCOCCOCCNS(=O)(=O)c3cccc([C@@H]4CN(C)Cc5c(Cl)cc(Cl)cc54)c3)NC(=O)CCC(=O)O)c2)C1. The molecule has 9 rings (SSSR count). The van der Waals surface area contributed by atoms with Crippen LogP contribution in [0, 0.1) is 0 Å². The Morgan fingerprint density at radius 3 is 1.07 bits per heavy atom. The molecule has 27 nitrogen and oxygen atoms in total. The van der Waals surface area contributed by atoms with Crippen molar-refractivity contribution in [1.29, 1.82) is 0 Å². The quantitative estimate of drug-likeness (QED) is 0.0174. The lowest BCUT2D eigenvalue weighted by molar-refractivity contribution is -0.139. The van der Waals surface area contributed by atoms with Crippen LogP contribution in [0.3, 0.4) is 0 Å². The number of likely N-dealkylation sites (N-methyl/N-ethyl adjacent to an activating group) is 3. The van der Waals surface area contributed by atoms with E-state index >= 15 is 0 Å². The molecule has 6 aromatic rings. The van der Waals surface area contributed by atoms with E-state index in [4.69, 9.17) is 98.0 Å². The van der Waals surface area contributed by atoms with Crippen LogP contribution in [0.5, 0.6) is 0 Å². The van der Waals surface area contributed by atoms with Gasteiger partial charge >= 0.3 is 12.0 Å². The zero-order valence-corrected chi connectivity index (χ0v) is 76.9. The molecular weight excluding hydrogens is 1770 g/mol. The number of carboxylic acids is 1. The molecule has 0 radical (unpaired) electrons. The number of fused-ring (bicyclic) bond motifs is 3. The molecule has 3 heterocycles. The number of unbranched alkanes of at least 4 members (excludes halogenated alkanes) is 2. The van der Waals surface area contributed by atoms with Gasteiger partial charge in [0.05, 0.1) is 87.2 Å². The van der Waals surface area contributed by atoms with E-state index < -0.39 is 59.9 Å². The summed E-state index contributed by atoms with van der Waals surface area (Å²) in [5.74, 6) is -1.97. The van der Waals surface area contributed by atoms with Crippen molar-refractivity contribution in [2.45, 2.75) is 160 Å². The Balaban J connectivity index is 0.672. The van der Waals surface area contributed by atoms with Gasteiger partial charge in [0.2, 0.25) is 36.0 Å². The van der Waals surface area contributed by atoms with Crippen molar-refractivity contribution < 1.29 is 82.8 Å². The van der Waals surface area contributed by atoms with Gasteiger partial charge in [0, 0.05) is 171 Å². The first-order valence-corrected chi connectivity index (χ1v) is 48.4. The second-order valence-electron chi connectivity index (χ2n) is 31.4. The fourth-order valence-electron chi connectivity index (χ4n) is 15.7. The molecule has 0 aromatic heterocycles. The number of nitrogens with one attached hydrogen (secondary N) is 6. The van der Waals surface area contributed by atoms with Gasteiger partial charge in [-0.15, -0.1) is 0 Å². The number of hydrogen-bond donors (Lipinski definition) is 7. The Bertz CT molecular complexity index is 4420. The number of benzene rings is 6. The molecule has 0 aliphatic carbocycles. The van der Waals surface area contributed by atoms with Crippen LogP contribution in [0.25, 0.3) is 0 Å². The van der Waals surface area contributed by atoms with Gasteiger partial charge in [0.1, 0.15) is 11.6 Å². The standard InChI is InChI=1S/C87H115Cl6N9O18S3/c1-100-55-75(72-49-64(88)52-81(91)78(72)58-100)61-14-8-21-69(46-61)121(109,110)96-31-37-118-42-40-115-34-11-19-67(103)17-4-6-26-87(99-84(105)24-25-85(106)107,27-7-5-18-68(104)20-12-35-116-41-43-119-38-32-97-122(111,112)70-22-9-15-62(47-70)76-56-101(2)59-79-73(76)50-65(89)53-82(79)92)28-13-29-94-86(108)95-30-36-117-44-45-120-39-33-98-123(113,114)71-23-10-16-63(48-71)77-57-102(3)60-80-74(77)51-66(90)54-83(80)93/h8-10,14-16,21-23,46-54,75-77,96-98H,4-7,11-13,17-20,24-45,55-60H2,1-3H3,(H,99,105)(H,106,107)(H2,94,95,108)/t75-,76-,77-/m0/s1. The average molecular weight is 1880 g/mol. The monoisotopic (exact) mass is 1880 g/mol. The van der Waals surface area contributed by atoms with Gasteiger partial charge in [0.25, 0.3) is 0 Å². The minimum Gasteiger partial charge on any atom is -0.481 e. The Kier molecular flexibility index (Phi) is 41.5. The Hall–Kier alpha value is -6.02. The molecule has 3 aliphatic rings. The van der Waals surface area contributed by atoms with Crippen molar-refractivity contribution in [2.24, 2.45) is 0 Å². The molecule has 3 atom stereocenters. The molecule has 3 amide bonds. The van der Waals surface area contributed by atoms with E-state index in [1.807, 2.05) is 57.5 Å². The van der Waals surface area contributed by atoms with Crippen LogP contribution in [-0.4, -0.2) is 233 Å². The third kappa shape index (κ3) is 32.9. The third-order valence-electron chi connectivity index (χ3n) is 21.8. The molecule has 0 spiro atoms. The minimum absolute atomic E-state index is 0.0148. The summed E-state index contributed by atoms with van der Waals surface area (Å²) < 4.78 is 122. The van der Waals surface area contributed by atoms with E-state index in [1.165, 1.54) is 0 Å². The van der Waals surface area contributed by atoms with E-state index in [9.17, 15) is 54.3 Å². The van der Waals surface area contributed by atoms with E-state index in [0.29, 0.717) is 147 Å². The number of sulfonamides is 3. The molecule has 123 heavy (non-hydrogen) atoms. The summed E-state index contributed by atoms with van der Waals surface area (Å²) in [4.78, 5) is 71.5. The number of hydrogen-bond acceptors (Lipinski definition) is 20. The van der Waals surface area contributed by atoms with Crippen LogP contribution in [0.2, 0.25) is 30.1 Å². The first kappa shape index (κ1) is 101. The summed E-state index contributed by atoms with van der Waals surface area (Å²) in [6.07, 6.45) is 5.00. The van der Waals surface area contributed by atoms with Crippen molar-refractivity contribution >= 4 is 129 Å². The number of carboxylic acid groups (broad SMARTS) is 1. The summed E-state index contributed by atoms with van der Waals surface area (Å²) >= 11 is 38.9. The van der Waals surface area contributed by atoms with Crippen molar-refractivity contribution in [3.8, 4) is 0 Å². The fraction of sp³-hybridized carbons (Fsp3) is 0.529. The van der Waals surface area contributed by atoms with Crippen molar-refractivity contribution in [3.63, 3.8) is 0 Å². The number of amides is 3. The van der Waals surface area contributed by atoms with Gasteiger partial charge in [-0.1, -0.05) is 119 Å². The van der Waals surface area contributed by atoms with Crippen molar-refractivity contribution in [1.82, 2.24) is 44.8 Å². The Morgan fingerprint density at radius 2 is 0.715 bits per heavy atom. The molecule has 36 heteroatoms. The van der Waals surface area contributed by atoms with Gasteiger partial charge in [-0.25, -0.2) is 44.2 Å². The Labute approximate surface area is 753 Å². The molecule has 0 fully saturated rings. The van der Waals surface area contributed by atoms with E-state index in [1.54, 1.807) is 72.8 Å². The lowest BCUT2D eigenvalue weighted by Gasteiger charge is -2.36. The lowest BCUT2D eigenvalue weighted by atomic mass is 9.82. The number of rotatable bonds is 56. The summed E-state index contributed by atoms with van der Waals surface area (Å²) in [7, 11) is -5.68. The van der Waals surface area contributed by atoms with E-state index in [2.05, 4.69) is 44.8 Å². The second-order valence-corrected chi connectivity index (χ2v) is 39.2. The molecule has 0 saturated carbocycles. The number of halogens is 6. The molecule has 676 valence electrons. The zero-order valence-electron chi connectivity index (χ0n) is 69.9. The van der Waals surface area contributed by atoms with Gasteiger partial charge in [-0.05, 0) is 195 Å². The molecule has 3 aliphatic heterocycles. The molecule has 7 N–H and O–H groups in total. The van der Waals surface area contributed by atoms with Crippen LogP contribution in [0.4, 0.5) is 4.79 Å². The van der Waals surface area contributed by atoms with Crippen LogP contribution >= 0.6 is 69.6 Å².